The van der Waals surface area contributed by atoms with Crippen LogP contribution in [0.3, 0.4) is 0 Å². The summed E-state index contributed by atoms with van der Waals surface area (Å²) in [6.45, 7) is 3.96. The first kappa shape index (κ1) is 18.8. The van der Waals surface area contributed by atoms with Gasteiger partial charge in [-0.05, 0) is 37.6 Å². The summed E-state index contributed by atoms with van der Waals surface area (Å²) in [7, 11) is 1.50. The average molecular weight is 377 g/mol. The average Bonchev–Trinajstić information content (AvgIpc) is 2.58. The van der Waals surface area contributed by atoms with Gasteiger partial charge in [-0.25, -0.2) is 9.97 Å². The second kappa shape index (κ2) is 7.30. The monoisotopic (exact) mass is 377 g/mol. The minimum atomic E-state index is -4.75. The van der Waals surface area contributed by atoms with Gasteiger partial charge in [-0.1, -0.05) is 12.1 Å². The van der Waals surface area contributed by atoms with Crippen LogP contribution in [0.15, 0.2) is 42.6 Å². The SMILES string of the molecule is COc1cc2nc(NC(C)C)ncc2cc1-c1cccc(OC(F)(F)F)c1. The van der Waals surface area contributed by atoms with E-state index in [1.807, 2.05) is 13.8 Å². The fourth-order valence-electron chi connectivity index (χ4n) is 2.64. The van der Waals surface area contributed by atoms with Gasteiger partial charge < -0.3 is 14.8 Å². The van der Waals surface area contributed by atoms with Crippen LogP contribution in [-0.2, 0) is 0 Å². The Morgan fingerprint density at radius 2 is 1.89 bits per heavy atom. The van der Waals surface area contributed by atoms with E-state index in [4.69, 9.17) is 4.74 Å². The zero-order valence-corrected chi connectivity index (χ0v) is 15.0. The lowest BCUT2D eigenvalue weighted by atomic mass is 10.0. The highest BCUT2D eigenvalue weighted by Crippen LogP contribution is 2.36. The summed E-state index contributed by atoms with van der Waals surface area (Å²) in [5.41, 5.74) is 1.81. The van der Waals surface area contributed by atoms with E-state index >= 15 is 0 Å². The van der Waals surface area contributed by atoms with Crippen LogP contribution in [0, 0.1) is 0 Å². The van der Waals surface area contributed by atoms with Crippen molar-refractivity contribution in [1.29, 1.82) is 0 Å². The van der Waals surface area contributed by atoms with Crippen molar-refractivity contribution in [3.63, 3.8) is 0 Å². The molecule has 0 radical (unpaired) electrons. The molecule has 0 atom stereocenters. The number of hydrogen-bond acceptors (Lipinski definition) is 5. The Bertz CT molecular complexity index is 959. The molecule has 2 aromatic carbocycles. The summed E-state index contributed by atoms with van der Waals surface area (Å²) >= 11 is 0. The van der Waals surface area contributed by atoms with Gasteiger partial charge >= 0.3 is 6.36 Å². The van der Waals surface area contributed by atoms with Gasteiger partial charge in [-0.15, -0.1) is 13.2 Å². The fourth-order valence-corrected chi connectivity index (χ4v) is 2.64. The maximum absolute atomic E-state index is 12.5. The molecule has 1 aromatic heterocycles. The number of aromatic nitrogens is 2. The Morgan fingerprint density at radius 1 is 1.11 bits per heavy atom. The zero-order valence-electron chi connectivity index (χ0n) is 15.0. The number of halogens is 3. The van der Waals surface area contributed by atoms with E-state index in [0.717, 1.165) is 5.39 Å². The van der Waals surface area contributed by atoms with Crippen LogP contribution in [0.5, 0.6) is 11.5 Å². The molecule has 1 N–H and O–H groups in total. The smallest absolute Gasteiger partial charge is 0.496 e. The standard InChI is InChI=1S/C19H18F3N3O2/c1-11(2)24-18-23-10-13-8-15(17(26-3)9-16(13)25-18)12-5-4-6-14(7-12)27-19(20,21)22/h4-11H,1-3H3,(H,23,24,25). The lowest BCUT2D eigenvalue weighted by molar-refractivity contribution is -0.274. The molecule has 3 rings (SSSR count). The van der Waals surface area contributed by atoms with Gasteiger partial charge in [0.05, 0.1) is 12.6 Å². The highest BCUT2D eigenvalue weighted by Gasteiger charge is 2.31. The predicted octanol–water partition coefficient (Wildman–Crippen LogP) is 5.02. The number of nitrogens with one attached hydrogen (secondary N) is 1. The number of ether oxygens (including phenoxy) is 2. The minimum absolute atomic E-state index is 0.181. The normalized spacial score (nSPS) is 11.7. The van der Waals surface area contributed by atoms with E-state index in [0.29, 0.717) is 28.3 Å². The highest BCUT2D eigenvalue weighted by molar-refractivity contribution is 5.88. The second-order valence-electron chi connectivity index (χ2n) is 6.18. The number of nitrogens with zero attached hydrogens (tertiary/aromatic N) is 2. The molecule has 5 nitrogen and oxygen atoms in total. The Balaban J connectivity index is 2.05. The van der Waals surface area contributed by atoms with Crippen LogP contribution in [0.25, 0.3) is 22.0 Å². The molecule has 27 heavy (non-hydrogen) atoms. The Morgan fingerprint density at radius 3 is 2.56 bits per heavy atom. The quantitative estimate of drug-likeness (QED) is 0.676. The molecule has 0 unspecified atom stereocenters. The molecule has 0 spiro atoms. The molecule has 0 bridgehead atoms. The lowest BCUT2D eigenvalue weighted by Gasteiger charge is -2.14. The van der Waals surface area contributed by atoms with Crippen LogP contribution in [0.4, 0.5) is 19.1 Å². The number of fused-ring (bicyclic) bond motifs is 1. The molecule has 0 fully saturated rings. The first-order valence-corrected chi connectivity index (χ1v) is 8.22. The summed E-state index contributed by atoms with van der Waals surface area (Å²) in [5, 5.41) is 3.86. The highest BCUT2D eigenvalue weighted by atomic mass is 19.4. The maximum atomic E-state index is 12.5. The van der Waals surface area contributed by atoms with Gasteiger partial charge in [0.2, 0.25) is 5.95 Å². The van der Waals surface area contributed by atoms with Crippen LogP contribution >= 0.6 is 0 Å². The zero-order chi connectivity index (χ0) is 19.6. The van der Waals surface area contributed by atoms with Gasteiger partial charge in [0.25, 0.3) is 0 Å². The first-order chi connectivity index (χ1) is 12.7. The van der Waals surface area contributed by atoms with Gasteiger partial charge in [-0.2, -0.15) is 0 Å². The number of alkyl halides is 3. The molecule has 0 amide bonds. The molecular formula is C19H18F3N3O2. The molecule has 8 heteroatoms. The number of benzene rings is 2. The molecular weight excluding hydrogens is 359 g/mol. The minimum Gasteiger partial charge on any atom is -0.496 e. The van der Waals surface area contributed by atoms with Crippen molar-refractivity contribution in [2.24, 2.45) is 0 Å². The van der Waals surface area contributed by atoms with Gasteiger partial charge in [0, 0.05) is 29.3 Å². The third kappa shape index (κ3) is 4.58. The van der Waals surface area contributed by atoms with Crippen molar-refractivity contribution in [2.75, 3.05) is 12.4 Å². The van der Waals surface area contributed by atoms with Crippen molar-refractivity contribution in [2.45, 2.75) is 26.3 Å². The van der Waals surface area contributed by atoms with Crippen LogP contribution in [0.1, 0.15) is 13.8 Å². The van der Waals surface area contributed by atoms with Gasteiger partial charge in [0.15, 0.2) is 0 Å². The molecule has 3 aromatic rings. The summed E-state index contributed by atoms with van der Waals surface area (Å²) in [5.74, 6) is 0.684. The Hall–Kier alpha value is -3.03. The summed E-state index contributed by atoms with van der Waals surface area (Å²) in [6.07, 6.45) is -3.09. The van der Waals surface area contributed by atoms with Crippen molar-refractivity contribution in [1.82, 2.24) is 9.97 Å². The van der Waals surface area contributed by atoms with E-state index < -0.39 is 6.36 Å². The van der Waals surface area contributed by atoms with Crippen LogP contribution in [-0.4, -0.2) is 29.5 Å². The third-order valence-corrected chi connectivity index (χ3v) is 3.70. The Labute approximate surface area is 154 Å². The maximum Gasteiger partial charge on any atom is 0.573 e. The van der Waals surface area contributed by atoms with Gasteiger partial charge in [0.1, 0.15) is 11.5 Å². The molecule has 1 heterocycles. The summed E-state index contributed by atoms with van der Waals surface area (Å²) in [6, 6.07) is 9.42. The number of anilines is 1. The molecule has 142 valence electrons. The molecule has 0 saturated heterocycles. The van der Waals surface area contributed by atoms with E-state index in [2.05, 4.69) is 20.0 Å². The molecule has 0 saturated carbocycles. The second-order valence-corrected chi connectivity index (χ2v) is 6.18. The van der Waals surface area contributed by atoms with Crippen molar-refractivity contribution >= 4 is 16.9 Å². The van der Waals surface area contributed by atoms with E-state index in [9.17, 15) is 13.2 Å². The van der Waals surface area contributed by atoms with Crippen molar-refractivity contribution in [3.8, 4) is 22.6 Å². The number of hydrogen-bond donors (Lipinski definition) is 1. The Kier molecular flexibility index (Phi) is 5.07. The van der Waals surface area contributed by atoms with E-state index in [1.165, 1.54) is 25.3 Å². The van der Waals surface area contributed by atoms with Gasteiger partial charge in [-0.3, -0.25) is 0 Å². The molecule has 0 aliphatic rings. The van der Waals surface area contributed by atoms with E-state index in [-0.39, 0.29) is 11.8 Å². The lowest BCUT2D eigenvalue weighted by Crippen LogP contribution is -2.17. The molecule has 0 aliphatic heterocycles. The first-order valence-electron chi connectivity index (χ1n) is 8.22. The van der Waals surface area contributed by atoms with Crippen LogP contribution in [0.2, 0.25) is 0 Å². The summed E-state index contributed by atoms with van der Waals surface area (Å²) in [4.78, 5) is 8.72. The third-order valence-electron chi connectivity index (χ3n) is 3.70. The summed E-state index contributed by atoms with van der Waals surface area (Å²) < 4.78 is 46.9. The predicted molar refractivity (Wildman–Crippen MR) is 97.0 cm³/mol. The molecule has 0 aliphatic carbocycles. The van der Waals surface area contributed by atoms with E-state index in [1.54, 1.807) is 24.4 Å². The number of rotatable bonds is 5. The van der Waals surface area contributed by atoms with Crippen LogP contribution < -0.4 is 14.8 Å². The largest absolute Gasteiger partial charge is 0.573 e. The van der Waals surface area contributed by atoms with Crippen molar-refractivity contribution in [3.05, 3.63) is 42.6 Å². The number of methoxy groups -OCH3 is 1. The topological polar surface area (TPSA) is 56.3 Å². The fraction of sp³-hybridized carbons (Fsp3) is 0.263. The van der Waals surface area contributed by atoms with Crippen molar-refractivity contribution < 1.29 is 22.6 Å².